The third-order valence-electron chi connectivity index (χ3n) is 1.38. The standard InChI is InChI=1S/C8H9BrN2O2/c1-12-7-6(3-4-9)5-10-8(11-7)13-2/h3-5H,1-2H3. The Hall–Kier alpha value is -1.10. The molecule has 0 spiro atoms. The maximum Gasteiger partial charge on any atom is 0.319 e. The van der Waals surface area contributed by atoms with Crippen molar-refractivity contribution in [1.82, 2.24) is 9.97 Å². The predicted molar refractivity (Wildman–Crippen MR) is 53.1 cm³/mol. The van der Waals surface area contributed by atoms with Crippen LogP contribution in [0.15, 0.2) is 11.2 Å². The highest BCUT2D eigenvalue weighted by Gasteiger charge is 2.04. The molecule has 4 nitrogen and oxygen atoms in total. The first-order valence-electron chi connectivity index (χ1n) is 3.53. The molecule has 0 fully saturated rings. The quantitative estimate of drug-likeness (QED) is 0.815. The molecule has 0 aromatic carbocycles. The minimum atomic E-state index is 0.295. The third kappa shape index (κ3) is 2.42. The highest BCUT2D eigenvalue weighted by atomic mass is 79.9. The number of halogens is 1. The van der Waals surface area contributed by atoms with Gasteiger partial charge < -0.3 is 9.47 Å². The van der Waals surface area contributed by atoms with Gasteiger partial charge in [0.15, 0.2) is 0 Å². The van der Waals surface area contributed by atoms with Gasteiger partial charge in [0.2, 0.25) is 5.88 Å². The molecule has 70 valence electrons. The summed E-state index contributed by atoms with van der Waals surface area (Å²) < 4.78 is 9.89. The van der Waals surface area contributed by atoms with E-state index in [0.717, 1.165) is 5.56 Å². The number of ether oxygens (including phenoxy) is 2. The molecule has 0 saturated heterocycles. The Morgan fingerprint density at radius 2 is 2.15 bits per heavy atom. The molecule has 0 aliphatic heterocycles. The van der Waals surface area contributed by atoms with Gasteiger partial charge in [0.1, 0.15) is 0 Å². The van der Waals surface area contributed by atoms with E-state index in [1.54, 1.807) is 24.4 Å². The van der Waals surface area contributed by atoms with Crippen molar-refractivity contribution in [1.29, 1.82) is 0 Å². The van der Waals surface area contributed by atoms with E-state index in [9.17, 15) is 0 Å². The molecule has 0 aliphatic carbocycles. The van der Waals surface area contributed by atoms with Gasteiger partial charge in [-0.15, -0.1) is 0 Å². The summed E-state index contributed by atoms with van der Waals surface area (Å²) in [6, 6.07) is 0.295. The molecule has 0 amide bonds. The van der Waals surface area contributed by atoms with Crippen LogP contribution in [0.25, 0.3) is 6.08 Å². The molecule has 1 heterocycles. The van der Waals surface area contributed by atoms with E-state index in [0.29, 0.717) is 11.9 Å². The summed E-state index contributed by atoms with van der Waals surface area (Å²) in [5.74, 6) is 0.488. The fourth-order valence-corrected chi connectivity index (χ4v) is 1.09. The highest BCUT2D eigenvalue weighted by Crippen LogP contribution is 2.18. The normalized spacial score (nSPS) is 10.4. The van der Waals surface area contributed by atoms with Crippen LogP contribution in [0.1, 0.15) is 5.56 Å². The van der Waals surface area contributed by atoms with Gasteiger partial charge in [-0.05, 0) is 11.1 Å². The van der Waals surface area contributed by atoms with Crippen molar-refractivity contribution in [3.05, 3.63) is 16.7 Å². The monoisotopic (exact) mass is 244 g/mol. The summed E-state index contributed by atoms with van der Waals surface area (Å²) in [4.78, 5) is 9.65. The lowest BCUT2D eigenvalue weighted by atomic mass is 10.3. The molecule has 0 saturated carbocycles. The van der Waals surface area contributed by atoms with Crippen molar-refractivity contribution in [2.24, 2.45) is 0 Å². The van der Waals surface area contributed by atoms with Crippen LogP contribution in [0.4, 0.5) is 0 Å². The van der Waals surface area contributed by atoms with Crippen molar-refractivity contribution in [2.75, 3.05) is 14.2 Å². The number of rotatable bonds is 3. The third-order valence-corrected chi connectivity index (χ3v) is 1.64. The molecular formula is C8H9BrN2O2. The fourth-order valence-electron chi connectivity index (χ4n) is 0.804. The first-order valence-corrected chi connectivity index (χ1v) is 4.45. The van der Waals surface area contributed by atoms with Gasteiger partial charge in [-0.1, -0.05) is 15.9 Å². The molecule has 1 rings (SSSR count). The van der Waals surface area contributed by atoms with E-state index < -0.39 is 0 Å². The fraction of sp³-hybridized carbons (Fsp3) is 0.250. The highest BCUT2D eigenvalue weighted by molar-refractivity contribution is 9.11. The predicted octanol–water partition coefficient (Wildman–Crippen LogP) is 1.86. The Morgan fingerprint density at radius 1 is 1.38 bits per heavy atom. The van der Waals surface area contributed by atoms with Crippen LogP contribution in [-0.2, 0) is 0 Å². The Kier molecular flexibility index (Phi) is 3.70. The van der Waals surface area contributed by atoms with E-state index in [1.165, 1.54) is 7.11 Å². The van der Waals surface area contributed by atoms with Gasteiger partial charge in [0, 0.05) is 6.20 Å². The molecule has 13 heavy (non-hydrogen) atoms. The first kappa shape index (κ1) is 9.98. The van der Waals surface area contributed by atoms with E-state index in [2.05, 4.69) is 25.9 Å². The summed E-state index contributed by atoms with van der Waals surface area (Å²) in [6.45, 7) is 0. The van der Waals surface area contributed by atoms with Crippen LogP contribution in [0, 0.1) is 0 Å². The van der Waals surface area contributed by atoms with Crippen LogP contribution in [-0.4, -0.2) is 24.2 Å². The number of hydrogen-bond acceptors (Lipinski definition) is 4. The number of methoxy groups -OCH3 is 2. The number of hydrogen-bond donors (Lipinski definition) is 0. The lowest BCUT2D eigenvalue weighted by Crippen LogP contribution is -1.96. The second-order valence-electron chi connectivity index (χ2n) is 2.11. The van der Waals surface area contributed by atoms with E-state index >= 15 is 0 Å². The zero-order valence-corrected chi connectivity index (χ0v) is 8.91. The Morgan fingerprint density at radius 3 is 2.69 bits per heavy atom. The molecule has 0 bridgehead atoms. The average molecular weight is 245 g/mol. The number of nitrogens with zero attached hydrogens (tertiary/aromatic N) is 2. The lowest BCUT2D eigenvalue weighted by molar-refractivity contribution is 0.351. The molecule has 0 N–H and O–H groups in total. The topological polar surface area (TPSA) is 44.2 Å². The van der Waals surface area contributed by atoms with Gasteiger partial charge >= 0.3 is 6.01 Å². The zero-order valence-electron chi connectivity index (χ0n) is 7.32. The van der Waals surface area contributed by atoms with Gasteiger partial charge in [-0.25, -0.2) is 4.98 Å². The van der Waals surface area contributed by atoms with Crippen molar-refractivity contribution < 1.29 is 9.47 Å². The van der Waals surface area contributed by atoms with Crippen LogP contribution < -0.4 is 9.47 Å². The Bertz CT molecular complexity index is 315. The van der Waals surface area contributed by atoms with Crippen molar-refractivity contribution in [2.45, 2.75) is 0 Å². The number of aromatic nitrogens is 2. The molecular weight excluding hydrogens is 236 g/mol. The lowest BCUT2D eigenvalue weighted by Gasteiger charge is -2.03. The summed E-state index contributed by atoms with van der Waals surface area (Å²) >= 11 is 3.16. The van der Waals surface area contributed by atoms with Crippen molar-refractivity contribution in [3.63, 3.8) is 0 Å². The Labute approximate surface area is 84.7 Å². The van der Waals surface area contributed by atoms with E-state index in [4.69, 9.17) is 9.47 Å². The van der Waals surface area contributed by atoms with Gasteiger partial charge in [0.05, 0.1) is 19.8 Å². The van der Waals surface area contributed by atoms with Crippen LogP contribution in [0.5, 0.6) is 11.9 Å². The smallest absolute Gasteiger partial charge is 0.319 e. The molecule has 1 aromatic rings. The van der Waals surface area contributed by atoms with Crippen LogP contribution in [0.2, 0.25) is 0 Å². The molecule has 0 unspecified atom stereocenters. The van der Waals surface area contributed by atoms with Crippen LogP contribution in [0.3, 0.4) is 0 Å². The first-order chi connectivity index (χ1) is 6.31. The summed E-state index contributed by atoms with van der Waals surface area (Å²) in [6.07, 6.45) is 3.42. The average Bonchev–Trinajstić information content (AvgIpc) is 2.19. The molecule has 5 heteroatoms. The van der Waals surface area contributed by atoms with E-state index in [1.807, 2.05) is 0 Å². The molecule has 1 aromatic heterocycles. The summed E-state index contributed by atoms with van der Waals surface area (Å²) in [5, 5.41) is 0. The maximum absolute atomic E-state index is 5.04. The maximum atomic E-state index is 5.04. The van der Waals surface area contributed by atoms with Crippen LogP contribution >= 0.6 is 15.9 Å². The van der Waals surface area contributed by atoms with Crippen molar-refractivity contribution in [3.8, 4) is 11.9 Å². The van der Waals surface area contributed by atoms with Gasteiger partial charge in [-0.2, -0.15) is 4.98 Å². The summed E-state index contributed by atoms with van der Waals surface area (Å²) in [5.41, 5.74) is 0.792. The second kappa shape index (κ2) is 4.81. The van der Waals surface area contributed by atoms with Crippen molar-refractivity contribution >= 4 is 22.0 Å². The zero-order chi connectivity index (χ0) is 9.68. The Balaban J connectivity index is 3.07. The van der Waals surface area contributed by atoms with Gasteiger partial charge in [0.25, 0.3) is 0 Å². The molecule has 0 radical (unpaired) electrons. The second-order valence-corrected chi connectivity index (χ2v) is 2.64. The summed E-state index contributed by atoms with van der Waals surface area (Å²) in [7, 11) is 3.06. The van der Waals surface area contributed by atoms with E-state index in [-0.39, 0.29) is 0 Å². The molecule has 0 aliphatic rings. The molecule has 0 atom stereocenters. The van der Waals surface area contributed by atoms with Gasteiger partial charge in [-0.3, -0.25) is 0 Å². The minimum absolute atomic E-state index is 0.295. The largest absolute Gasteiger partial charge is 0.480 e. The minimum Gasteiger partial charge on any atom is -0.480 e. The SMILES string of the molecule is COc1ncc(C=CBr)c(OC)n1.